The van der Waals surface area contributed by atoms with Crippen molar-refractivity contribution in [3.63, 3.8) is 0 Å². The van der Waals surface area contributed by atoms with E-state index in [9.17, 15) is 18.0 Å². The highest BCUT2D eigenvalue weighted by Crippen LogP contribution is 2.29. The van der Waals surface area contributed by atoms with Gasteiger partial charge >= 0.3 is 12.2 Å². The fourth-order valence-electron chi connectivity index (χ4n) is 2.43. The second kappa shape index (κ2) is 6.79. The highest BCUT2D eigenvalue weighted by atomic mass is 35.5. The van der Waals surface area contributed by atoms with Gasteiger partial charge in [0.15, 0.2) is 0 Å². The predicted molar refractivity (Wildman–Crippen MR) is 88.8 cm³/mol. The molecule has 1 saturated heterocycles. The summed E-state index contributed by atoms with van der Waals surface area (Å²) in [5.41, 5.74) is -0.374. The number of nitrogens with one attached hydrogen (secondary N) is 2. The number of pyridine rings is 1. The van der Waals surface area contributed by atoms with Crippen LogP contribution in [-0.4, -0.2) is 30.1 Å². The van der Waals surface area contributed by atoms with E-state index in [2.05, 4.69) is 15.6 Å². The Morgan fingerprint density at radius 3 is 2.60 bits per heavy atom. The lowest BCUT2D eigenvalue weighted by Gasteiger charge is -2.40. The first-order valence-corrected chi connectivity index (χ1v) is 7.81. The highest BCUT2D eigenvalue weighted by molar-refractivity contribution is 6.30. The van der Waals surface area contributed by atoms with Crippen molar-refractivity contribution in [2.75, 3.05) is 23.3 Å². The molecule has 1 fully saturated rings. The standard InChI is InChI=1S/C16H14ClF3N4O/c17-10-3-1-4-11(7-10)21-15(25)22-12-8-24(9-12)14-6-2-5-13(23-14)16(18,19)20/h1-7,12H,8-9H2,(H2,21,22,25). The molecule has 3 rings (SSSR count). The van der Waals surface area contributed by atoms with Crippen LogP contribution in [0.15, 0.2) is 42.5 Å². The van der Waals surface area contributed by atoms with Crippen LogP contribution in [0, 0.1) is 0 Å². The second-order valence-corrected chi connectivity index (χ2v) is 6.03. The van der Waals surface area contributed by atoms with E-state index in [0.29, 0.717) is 23.8 Å². The number of hydrogen-bond donors (Lipinski definition) is 2. The van der Waals surface area contributed by atoms with Crippen molar-refractivity contribution in [1.29, 1.82) is 0 Å². The Morgan fingerprint density at radius 2 is 1.92 bits per heavy atom. The van der Waals surface area contributed by atoms with E-state index in [1.165, 1.54) is 12.1 Å². The fourth-order valence-corrected chi connectivity index (χ4v) is 2.62. The molecule has 0 radical (unpaired) electrons. The zero-order valence-electron chi connectivity index (χ0n) is 12.8. The molecule has 2 aromatic rings. The van der Waals surface area contributed by atoms with Crippen molar-refractivity contribution >= 4 is 29.1 Å². The second-order valence-electron chi connectivity index (χ2n) is 5.59. The van der Waals surface area contributed by atoms with Gasteiger partial charge in [0, 0.05) is 23.8 Å². The number of carbonyl (C=O) groups excluding carboxylic acids is 1. The quantitative estimate of drug-likeness (QED) is 0.864. The summed E-state index contributed by atoms with van der Waals surface area (Å²) < 4.78 is 38.0. The molecule has 25 heavy (non-hydrogen) atoms. The summed E-state index contributed by atoms with van der Waals surface area (Å²) in [6.07, 6.45) is -4.48. The lowest BCUT2D eigenvalue weighted by atomic mass is 10.1. The van der Waals surface area contributed by atoms with Crippen LogP contribution in [0.3, 0.4) is 0 Å². The maximum absolute atomic E-state index is 12.7. The molecule has 0 bridgehead atoms. The van der Waals surface area contributed by atoms with Crippen LogP contribution in [0.25, 0.3) is 0 Å². The number of alkyl halides is 3. The monoisotopic (exact) mass is 370 g/mol. The van der Waals surface area contributed by atoms with E-state index < -0.39 is 17.9 Å². The molecule has 0 saturated carbocycles. The third-order valence-electron chi connectivity index (χ3n) is 3.65. The number of benzene rings is 1. The fraction of sp³-hybridized carbons (Fsp3) is 0.250. The SMILES string of the molecule is O=C(Nc1cccc(Cl)c1)NC1CN(c2cccc(C(F)(F)F)n2)C1. The summed E-state index contributed by atoms with van der Waals surface area (Å²) in [5.74, 6) is 0.239. The molecule has 9 heteroatoms. The molecule has 0 aliphatic carbocycles. The van der Waals surface area contributed by atoms with Crippen molar-refractivity contribution in [2.45, 2.75) is 12.2 Å². The number of anilines is 2. The van der Waals surface area contributed by atoms with Crippen LogP contribution in [-0.2, 0) is 6.18 Å². The molecular weight excluding hydrogens is 357 g/mol. The Hall–Kier alpha value is -2.48. The van der Waals surface area contributed by atoms with Crippen molar-refractivity contribution < 1.29 is 18.0 Å². The Labute approximate surface area is 146 Å². The summed E-state index contributed by atoms with van der Waals surface area (Å²) >= 11 is 5.84. The van der Waals surface area contributed by atoms with Gasteiger partial charge in [-0.25, -0.2) is 9.78 Å². The summed E-state index contributed by atoms with van der Waals surface area (Å²) in [6, 6.07) is 9.90. The topological polar surface area (TPSA) is 57.3 Å². The van der Waals surface area contributed by atoms with Crippen LogP contribution < -0.4 is 15.5 Å². The van der Waals surface area contributed by atoms with Crippen LogP contribution in [0.5, 0.6) is 0 Å². The molecule has 0 unspecified atom stereocenters. The predicted octanol–water partition coefficient (Wildman–Crippen LogP) is 3.76. The average Bonchev–Trinajstić information content (AvgIpc) is 2.50. The molecule has 1 aliphatic rings. The molecule has 2 heterocycles. The Balaban J connectivity index is 1.52. The maximum Gasteiger partial charge on any atom is 0.433 e. The van der Waals surface area contributed by atoms with Gasteiger partial charge < -0.3 is 15.5 Å². The molecular formula is C16H14ClF3N4O. The number of rotatable bonds is 3. The normalized spacial score (nSPS) is 14.8. The van der Waals surface area contributed by atoms with E-state index in [-0.39, 0.29) is 11.9 Å². The van der Waals surface area contributed by atoms with Crippen molar-refractivity contribution in [3.05, 3.63) is 53.2 Å². The molecule has 0 atom stereocenters. The first-order valence-electron chi connectivity index (χ1n) is 7.43. The molecule has 132 valence electrons. The van der Waals surface area contributed by atoms with Gasteiger partial charge in [-0.1, -0.05) is 23.7 Å². The number of hydrogen-bond acceptors (Lipinski definition) is 3. The van der Waals surface area contributed by atoms with E-state index in [1.807, 2.05) is 0 Å². The van der Waals surface area contributed by atoms with E-state index >= 15 is 0 Å². The zero-order chi connectivity index (χ0) is 18.0. The number of amides is 2. The van der Waals surface area contributed by atoms with Gasteiger partial charge in [0.1, 0.15) is 11.5 Å². The van der Waals surface area contributed by atoms with Gasteiger partial charge in [-0.05, 0) is 30.3 Å². The number of nitrogens with zero attached hydrogens (tertiary/aromatic N) is 2. The molecule has 2 amide bonds. The first kappa shape index (κ1) is 17.3. The van der Waals surface area contributed by atoms with Crippen molar-refractivity contribution in [2.24, 2.45) is 0 Å². The minimum atomic E-state index is -4.48. The van der Waals surface area contributed by atoms with Crippen LogP contribution >= 0.6 is 11.6 Å². The first-order chi connectivity index (χ1) is 11.8. The molecule has 0 spiro atoms. The van der Waals surface area contributed by atoms with Gasteiger partial charge in [-0.2, -0.15) is 13.2 Å². The van der Waals surface area contributed by atoms with Crippen LogP contribution in [0.4, 0.5) is 29.5 Å². The van der Waals surface area contributed by atoms with E-state index in [4.69, 9.17) is 11.6 Å². The summed E-state index contributed by atoms with van der Waals surface area (Å²) in [7, 11) is 0. The summed E-state index contributed by atoms with van der Waals surface area (Å²) in [4.78, 5) is 17.2. The maximum atomic E-state index is 12.7. The number of halogens is 4. The average molecular weight is 371 g/mol. The minimum absolute atomic E-state index is 0.171. The van der Waals surface area contributed by atoms with Crippen LogP contribution in [0.2, 0.25) is 5.02 Å². The smallest absolute Gasteiger partial charge is 0.352 e. The molecule has 1 aromatic heterocycles. The van der Waals surface area contributed by atoms with Crippen molar-refractivity contribution in [1.82, 2.24) is 10.3 Å². The third kappa shape index (κ3) is 4.33. The van der Waals surface area contributed by atoms with Crippen molar-refractivity contribution in [3.8, 4) is 0 Å². The third-order valence-corrected chi connectivity index (χ3v) is 3.88. The number of carbonyl (C=O) groups is 1. The van der Waals surface area contributed by atoms with E-state index in [1.54, 1.807) is 29.2 Å². The lowest BCUT2D eigenvalue weighted by Crippen LogP contribution is -2.60. The van der Waals surface area contributed by atoms with E-state index in [0.717, 1.165) is 6.07 Å². The highest BCUT2D eigenvalue weighted by Gasteiger charge is 2.34. The Bertz CT molecular complexity index is 778. The van der Waals surface area contributed by atoms with Gasteiger partial charge in [0.2, 0.25) is 0 Å². The Morgan fingerprint density at radius 1 is 1.20 bits per heavy atom. The number of urea groups is 1. The zero-order valence-corrected chi connectivity index (χ0v) is 13.6. The summed E-state index contributed by atoms with van der Waals surface area (Å²) in [6.45, 7) is 0.772. The molecule has 1 aromatic carbocycles. The lowest BCUT2D eigenvalue weighted by molar-refractivity contribution is -0.141. The number of aromatic nitrogens is 1. The van der Waals surface area contributed by atoms with Gasteiger partial charge in [-0.3, -0.25) is 0 Å². The van der Waals surface area contributed by atoms with Crippen LogP contribution in [0.1, 0.15) is 5.69 Å². The van der Waals surface area contributed by atoms with Gasteiger partial charge in [0.25, 0.3) is 0 Å². The van der Waals surface area contributed by atoms with Gasteiger partial charge in [0.05, 0.1) is 6.04 Å². The largest absolute Gasteiger partial charge is 0.433 e. The Kier molecular flexibility index (Phi) is 4.71. The molecule has 1 aliphatic heterocycles. The van der Waals surface area contributed by atoms with Gasteiger partial charge in [-0.15, -0.1) is 0 Å². The molecule has 2 N–H and O–H groups in total. The summed E-state index contributed by atoms with van der Waals surface area (Å²) in [5, 5.41) is 5.90. The molecule has 5 nitrogen and oxygen atoms in total. The minimum Gasteiger partial charge on any atom is -0.352 e.